The molecular formula is C16H18FN5O3. The maximum Gasteiger partial charge on any atom is 0.377 e. The number of nitrogens with zero attached hydrogens (tertiary/aromatic N) is 5. The lowest BCUT2D eigenvalue weighted by atomic mass is 10.2. The first-order chi connectivity index (χ1) is 12.0. The molecule has 0 fully saturated rings. The standard InChI is InChI=1S/C16H18FN5O3/c1-11(2)20(12-7-9-25-10-8-12)15(23)22-16(24)21(18-19-22)14-6-4-3-5-13(14)17/h3-7,11H,8-10H2,1-2H3. The number of carbonyl (C=O) groups is 1. The largest absolute Gasteiger partial charge is 0.377 e. The summed E-state index contributed by atoms with van der Waals surface area (Å²) in [5, 5.41) is 7.27. The second-order valence-electron chi connectivity index (χ2n) is 5.80. The van der Waals surface area contributed by atoms with Crippen molar-refractivity contribution < 1.29 is 13.9 Å². The van der Waals surface area contributed by atoms with Crippen molar-refractivity contribution in [2.75, 3.05) is 13.2 Å². The number of hydrogen-bond acceptors (Lipinski definition) is 5. The lowest BCUT2D eigenvalue weighted by molar-refractivity contribution is 0.136. The zero-order chi connectivity index (χ0) is 18.0. The van der Waals surface area contributed by atoms with Crippen molar-refractivity contribution >= 4 is 6.03 Å². The number of rotatable bonds is 3. The molecule has 1 aliphatic rings. The summed E-state index contributed by atoms with van der Waals surface area (Å²) in [6.45, 7) is 4.57. The van der Waals surface area contributed by atoms with E-state index in [2.05, 4.69) is 10.4 Å². The number of tetrazole rings is 1. The van der Waals surface area contributed by atoms with E-state index in [0.29, 0.717) is 24.3 Å². The number of carbonyl (C=O) groups excluding carboxylic acids is 1. The van der Waals surface area contributed by atoms with Crippen LogP contribution in [0.3, 0.4) is 0 Å². The third kappa shape index (κ3) is 3.22. The molecule has 0 radical (unpaired) electrons. The highest BCUT2D eigenvalue weighted by Gasteiger charge is 2.27. The van der Waals surface area contributed by atoms with E-state index in [1.807, 2.05) is 13.8 Å². The minimum absolute atomic E-state index is 0.0621. The van der Waals surface area contributed by atoms with Crippen molar-refractivity contribution in [3.05, 3.63) is 52.3 Å². The summed E-state index contributed by atoms with van der Waals surface area (Å²) in [6, 6.07) is 4.84. The molecule has 0 saturated carbocycles. The molecule has 9 heteroatoms. The second kappa shape index (κ2) is 6.98. The number of benzene rings is 1. The highest BCUT2D eigenvalue weighted by atomic mass is 19.1. The molecule has 3 rings (SSSR count). The predicted molar refractivity (Wildman–Crippen MR) is 86.9 cm³/mol. The van der Waals surface area contributed by atoms with Gasteiger partial charge in [0.15, 0.2) is 0 Å². The van der Waals surface area contributed by atoms with Crippen molar-refractivity contribution in [2.45, 2.75) is 26.3 Å². The number of ether oxygens (including phenoxy) is 1. The summed E-state index contributed by atoms with van der Waals surface area (Å²) >= 11 is 0. The average molecular weight is 347 g/mol. The zero-order valence-corrected chi connectivity index (χ0v) is 13.9. The van der Waals surface area contributed by atoms with E-state index in [1.54, 1.807) is 12.1 Å². The van der Waals surface area contributed by atoms with Gasteiger partial charge in [0.1, 0.15) is 11.5 Å². The molecule has 0 atom stereocenters. The molecule has 25 heavy (non-hydrogen) atoms. The van der Waals surface area contributed by atoms with Gasteiger partial charge >= 0.3 is 11.7 Å². The Hall–Kier alpha value is -2.81. The van der Waals surface area contributed by atoms with Gasteiger partial charge in [0.05, 0.1) is 13.2 Å². The average Bonchev–Trinajstić information content (AvgIpc) is 2.97. The number of hydrogen-bond donors (Lipinski definition) is 0. The molecule has 0 N–H and O–H groups in total. The van der Waals surface area contributed by atoms with E-state index in [1.165, 1.54) is 23.1 Å². The first-order valence-corrected chi connectivity index (χ1v) is 7.91. The minimum atomic E-state index is -0.826. The second-order valence-corrected chi connectivity index (χ2v) is 5.80. The summed E-state index contributed by atoms with van der Waals surface area (Å²) in [7, 11) is 0. The Morgan fingerprint density at radius 3 is 2.72 bits per heavy atom. The molecular weight excluding hydrogens is 329 g/mol. The van der Waals surface area contributed by atoms with Gasteiger partial charge in [-0.3, -0.25) is 4.90 Å². The van der Waals surface area contributed by atoms with Crippen LogP contribution in [0.4, 0.5) is 9.18 Å². The number of para-hydroxylation sites is 1. The molecule has 1 aromatic carbocycles. The Morgan fingerprint density at radius 1 is 1.32 bits per heavy atom. The van der Waals surface area contributed by atoms with E-state index in [9.17, 15) is 14.0 Å². The van der Waals surface area contributed by atoms with Crippen LogP contribution in [0, 0.1) is 5.82 Å². The van der Waals surface area contributed by atoms with Gasteiger partial charge in [-0.2, -0.15) is 4.68 Å². The smallest absolute Gasteiger partial charge is 0.377 e. The van der Waals surface area contributed by atoms with Gasteiger partial charge in [0, 0.05) is 18.2 Å². The monoisotopic (exact) mass is 347 g/mol. The minimum Gasteiger partial charge on any atom is -0.377 e. The summed E-state index contributed by atoms with van der Waals surface area (Å²) in [5.41, 5.74) is -0.125. The first-order valence-electron chi connectivity index (χ1n) is 7.91. The fraction of sp³-hybridized carbons (Fsp3) is 0.375. The van der Waals surface area contributed by atoms with Crippen molar-refractivity contribution in [1.29, 1.82) is 0 Å². The molecule has 8 nitrogen and oxygen atoms in total. The number of amides is 1. The molecule has 0 bridgehead atoms. The summed E-state index contributed by atoms with van der Waals surface area (Å²) in [5.74, 6) is -0.628. The quantitative estimate of drug-likeness (QED) is 0.787. The van der Waals surface area contributed by atoms with Crippen LogP contribution < -0.4 is 5.69 Å². The predicted octanol–water partition coefficient (Wildman–Crippen LogP) is 1.55. The summed E-state index contributed by atoms with van der Waals surface area (Å²) in [4.78, 5) is 26.8. The third-order valence-electron chi connectivity index (χ3n) is 3.81. The topological polar surface area (TPSA) is 82.3 Å². The molecule has 1 aliphatic heterocycles. The SMILES string of the molecule is CC(C)N(C(=O)n1nnn(-c2ccccc2F)c1=O)C1=CCOCC1. The van der Waals surface area contributed by atoms with E-state index in [-0.39, 0.29) is 11.7 Å². The van der Waals surface area contributed by atoms with Crippen LogP contribution in [0.2, 0.25) is 0 Å². The van der Waals surface area contributed by atoms with Gasteiger partial charge in [-0.15, -0.1) is 4.68 Å². The molecule has 0 spiro atoms. The highest BCUT2D eigenvalue weighted by molar-refractivity contribution is 5.77. The van der Waals surface area contributed by atoms with Crippen LogP contribution >= 0.6 is 0 Å². The van der Waals surface area contributed by atoms with E-state index >= 15 is 0 Å². The Labute approximate surface area is 143 Å². The summed E-state index contributed by atoms with van der Waals surface area (Å²) < 4.78 is 20.6. The van der Waals surface area contributed by atoms with Gasteiger partial charge in [0.25, 0.3) is 0 Å². The summed E-state index contributed by atoms with van der Waals surface area (Å²) in [6.07, 6.45) is 2.36. The molecule has 1 amide bonds. The highest BCUT2D eigenvalue weighted by Crippen LogP contribution is 2.18. The Bertz CT molecular complexity index is 871. The van der Waals surface area contributed by atoms with Crippen molar-refractivity contribution in [1.82, 2.24) is 24.7 Å². The van der Waals surface area contributed by atoms with Crippen molar-refractivity contribution in [2.24, 2.45) is 0 Å². The maximum atomic E-state index is 13.9. The molecule has 1 aromatic heterocycles. The van der Waals surface area contributed by atoms with Gasteiger partial charge in [0.2, 0.25) is 0 Å². The van der Waals surface area contributed by atoms with Crippen LogP contribution in [0.5, 0.6) is 0 Å². The maximum absolute atomic E-state index is 13.9. The molecule has 2 aromatic rings. The molecule has 0 aliphatic carbocycles. The Balaban J connectivity index is 1.99. The van der Waals surface area contributed by atoms with E-state index < -0.39 is 17.5 Å². The van der Waals surface area contributed by atoms with Crippen LogP contribution in [0.15, 0.2) is 40.8 Å². The Morgan fingerprint density at radius 2 is 2.08 bits per heavy atom. The van der Waals surface area contributed by atoms with Gasteiger partial charge in [-0.1, -0.05) is 12.1 Å². The molecule has 0 saturated heterocycles. The van der Waals surface area contributed by atoms with Gasteiger partial charge in [-0.25, -0.2) is 14.0 Å². The third-order valence-corrected chi connectivity index (χ3v) is 3.81. The van der Waals surface area contributed by atoms with E-state index in [4.69, 9.17) is 4.74 Å². The Kier molecular flexibility index (Phi) is 4.75. The molecule has 132 valence electrons. The lowest BCUT2D eigenvalue weighted by Crippen LogP contribution is -2.44. The van der Waals surface area contributed by atoms with Crippen molar-refractivity contribution in [3.8, 4) is 5.69 Å². The van der Waals surface area contributed by atoms with Crippen LogP contribution in [0.1, 0.15) is 20.3 Å². The van der Waals surface area contributed by atoms with Crippen molar-refractivity contribution in [3.63, 3.8) is 0 Å². The fourth-order valence-corrected chi connectivity index (χ4v) is 2.65. The molecule has 0 unspecified atom stereocenters. The fourth-order valence-electron chi connectivity index (χ4n) is 2.65. The first kappa shape index (κ1) is 17.0. The van der Waals surface area contributed by atoms with Crippen LogP contribution in [0.25, 0.3) is 5.69 Å². The normalized spacial score (nSPS) is 14.5. The number of aromatic nitrogens is 4. The lowest BCUT2D eigenvalue weighted by Gasteiger charge is -2.30. The number of halogens is 1. The van der Waals surface area contributed by atoms with Crippen LogP contribution in [-0.2, 0) is 4.74 Å². The van der Waals surface area contributed by atoms with Gasteiger partial charge in [-0.05, 0) is 42.5 Å². The van der Waals surface area contributed by atoms with Crippen LogP contribution in [-0.4, -0.2) is 50.0 Å². The molecule has 2 heterocycles. The van der Waals surface area contributed by atoms with Gasteiger partial charge < -0.3 is 4.74 Å². The zero-order valence-electron chi connectivity index (χ0n) is 13.9. The van der Waals surface area contributed by atoms with E-state index in [0.717, 1.165) is 10.4 Å².